The van der Waals surface area contributed by atoms with E-state index in [9.17, 15) is 4.39 Å². The molecule has 0 radical (unpaired) electrons. The molecule has 0 aromatic heterocycles. The summed E-state index contributed by atoms with van der Waals surface area (Å²) < 4.78 is 23.4. The molecule has 1 aromatic rings. The molecule has 1 rings (SSSR count). The number of halogens is 1. The average molecular weight is 345 g/mol. The second-order valence-corrected chi connectivity index (χ2v) is 4.79. The van der Waals surface area contributed by atoms with Crippen molar-refractivity contribution in [3.63, 3.8) is 0 Å². The summed E-state index contributed by atoms with van der Waals surface area (Å²) in [5.74, 6) is -3.24. The van der Waals surface area contributed by atoms with Crippen LogP contribution in [-0.2, 0) is 14.3 Å². The van der Waals surface area contributed by atoms with Crippen molar-refractivity contribution in [1.82, 2.24) is 5.32 Å². The van der Waals surface area contributed by atoms with E-state index in [1.165, 1.54) is 12.1 Å². The lowest BCUT2D eigenvalue weighted by Crippen LogP contribution is -2.29. The summed E-state index contributed by atoms with van der Waals surface area (Å²) in [4.78, 5) is 18.2. The Balaban J connectivity index is 0.000000754. The highest BCUT2D eigenvalue weighted by Crippen LogP contribution is 2.10. The predicted octanol–water partition coefficient (Wildman–Crippen LogP) is 1.76. The Hall–Kier alpha value is -2.19. The minimum atomic E-state index is -1.82. The smallest absolute Gasteiger partial charge is 0.414 e. The number of nitrogens with one attached hydrogen (secondary N) is 1. The highest BCUT2D eigenvalue weighted by atomic mass is 19.1. The third kappa shape index (κ3) is 12.4. The van der Waals surface area contributed by atoms with Gasteiger partial charge >= 0.3 is 11.9 Å². The topological polar surface area (TPSA) is 105 Å². The van der Waals surface area contributed by atoms with Gasteiger partial charge in [0.05, 0.1) is 13.2 Å². The van der Waals surface area contributed by atoms with E-state index >= 15 is 0 Å². The number of carbonyl (C=O) groups is 2. The Morgan fingerprint density at radius 2 is 1.71 bits per heavy atom. The first-order valence-electron chi connectivity index (χ1n) is 7.52. The molecule has 24 heavy (non-hydrogen) atoms. The molecule has 136 valence electrons. The molecular formula is C16H24FNO6. The van der Waals surface area contributed by atoms with Crippen LogP contribution in [0.3, 0.4) is 0 Å². The molecule has 0 saturated heterocycles. The van der Waals surface area contributed by atoms with Gasteiger partial charge in [-0.05, 0) is 37.6 Å². The lowest BCUT2D eigenvalue weighted by atomic mass is 10.3. The molecule has 0 heterocycles. The summed E-state index contributed by atoms with van der Waals surface area (Å²) in [6.07, 6.45) is 1.12. The Morgan fingerprint density at radius 1 is 1.12 bits per heavy atom. The van der Waals surface area contributed by atoms with Crippen LogP contribution in [0.4, 0.5) is 4.39 Å². The van der Waals surface area contributed by atoms with Gasteiger partial charge in [-0.2, -0.15) is 0 Å². The van der Waals surface area contributed by atoms with E-state index in [2.05, 4.69) is 19.2 Å². The van der Waals surface area contributed by atoms with Crippen LogP contribution < -0.4 is 10.1 Å². The van der Waals surface area contributed by atoms with Crippen molar-refractivity contribution in [2.75, 3.05) is 26.4 Å². The van der Waals surface area contributed by atoms with Crippen LogP contribution in [0.2, 0.25) is 0 Å². The second-order valence-electron chi connectivity index (χ2n) is 4.79. The van der Waals surface area contributed by atoms with Crippen molar-refractivity contribution in [1.29, 1.82) is 0 Å². The maximum atomic E-state index is 12.6. The van der Waals surface area contributed by atoms with Crippen molar-refractivity contribution in [2.45, 2.75) is 26.3 Å². The van der Waals surface area contributed by atoms with Crippen LogP contribution in [0.5, 0.6) is 5.75 Å². The van der Waals surface area contributed by atoms with E-state index in [0.29, 0.717) is 31.6 Å². The summed E-state index contributed by atoms with van der Waals surface area (Å²) in [6.45, 7) is 6.85. The summed E-state index contributed by atoms with van der Waals surface area (Å²) in [5.41, 5.74) is 0. The fourth-order valence-corrected chi connectivity index (χ4v) is 1.37. The van der Waals surface area contributed by atoms with Crippen LogP contribution in [0.1, 0.15) is 20.3 Å². The number of hydrogen-bond acceptors (Lipinski definition) is 5. The molecule has 0 bridgehead atoms. The maximum Gasteiger partial charge on any atom is 0.414 e. The molecule has 0 aliphatic heterocycles. The van der Waals surface area contributed by atoms with E-state index < -0.39 is 11.9 Å². The lowest BCUT2D eigenvalue weighted by Gasteiger charge is -2.11. The minimum absolute atomic E-state index is 0.255. The Bertz CT molecular complexity index is 468. The fraction of sp³-hybridized carbons (Fsp3) is 0.500. The van der Waals surface area contributed by atoms with Gasteiger partial charge in [0.2, 0.25) is 0 Å². The van der Waals surface area contributed by atoms with Crippen molar-refractivity contribution in [3.05, 3.63) is 30.1 Å². The third-order valence-electron chi connectivity index (χ3n) is 2.84. The molecule has 0 amide bonds. The zero-order valence-electron chi connectivity index (χ0n) is 13.8. The minimum Gasteiger partial charge on any atom is -0.491 e. The molecule has 8 heteroatoms. The number of ether oxygens (including phenoxy) is 2. The Labute approximate surface area is 140 Å². The standard InChI is InChI=1S/C14H22FNO2.C2H2O4/c1-3-12(2)16-8-9-17-10-11-18-14-6-4-13(15)5-7-14;3-1(4)2(5)6/h4-7,12,16H,3,8-11H2,1-2H3;(H,3,4)(H,5,6). The van der Waals surface area contributed by atoms with E-state index in [1.54, 1.807) is 12.1 Å². The summed E-state index contributed by atoms with van der Waals surface area (Å²) >= 11 is 0. The number of hydrogen-bond donors (Lipinski definition) is 3. The van der Waals surface area contributed by atoms with E-state index in [0.717, 1.165) is 13.0 Å². The zero-order chi connectivity index (χ0) is 18.4. The number of carboxylic acid groups (broad SMARTS) is 2. The highest BCUT2D eigenvalue weighted by molar-refractivity contribution is 6.27. The summed E-state index contributed by atoms with van der Waals surface area (Å²) in [6, 6.07) is 6.52. The van der Waals surface area contributed by atoms with Crippen molar-refractivity contribution < 1.29 is 33.7 Å². The lowest BCUT2D eigenvalue weighted by molar-refractivity contribution is -0.159. The molecule has 0 aliphatic rings. The van der Waals surface area contributed by atoms with Gasteiger partial charge in [0, 0.05) is 12.6 Å². The summed E-state index contributed by atoms with van der Waals surface area (Å²) in [7, 11) is 0. The van der Waals surface area contributed by atoms with Gasteiger partial charge in [-0.1, -0.05) is 6.92 Å². The van der Waals surface area contributed by atoms with E-state index in [4.69, 9.17) is 29.3 Å². The normalized spacial score (nSPS) is 11.1. The highest BCUT2D eigenvalue weighted by Gasteiger charge is 2.04. The predicted molar refractivity (Wildman–Crippen MR) is 85.7 cm³/mol. The first kappa shape index (κ1) is 21.8. The van der Waals surface area contributed by atoms with Gasteiger partial charge in [0.25, 0.3) is 0 Å². The monoisotopic (exact) mass is 345 g/mol. The van der Waals surface area contributed by atoms with Crippen molar-refractivity contribution in [3.8, 4) is 5.75 Å². The molecule has 0 aliphatic carbocycles. The summed E-state index contributed by atoms with van der Waals surface area (Å²) in [5, 5.41) is 18.1. The zero-order valence-corrected chi connectivity index (χ0v) is 13.8. The molecule has 1 aromatic carbocycles. The average Bonchev–Trinajstić information content (AvgIpc) is 2.55. The van der Waals surface area contributed by atoms with Gasteiger partial charge in [0.15, 0.2) is 0 Å². The molecule has 1 atom stereocenters. The number of carboxylic acids is 2. The van der Waals surface area contributed by atoms with Crippen molar-refractivity contribution in [2.24, 2.45) is 0 Å². The quantitative estimate of drug-likeness (QED) is 0.463. The molecule has 0 saturated carbocycles. The molecule has 7 nitrogen and oxygen atoms in total. The van der Waals surface area contributed by atoms with Gasteiger partial charge in [-0.15, -0.1) is 0 Å². The van der Waals surface area contributed by atoms with Crippen molar-refractivity contribution >= 4 is 11.9 Å². The van der Waals surface area contributed by atoms with Gasteiger partial charge in [-0.25, -0.2) is 14.0 Å². The molecular weight excluding hydrogens is 321 g/mol. The Morgan fingerprint density at radius 3 is 2.21 bits per heavy atom. The maximum absolute atomic E-state index is 12.6. The van der Waals surface area contributed by atoms with Gasteiger partial charge < -0.3 is 25.0 Å². The van der Waals surface area contributed by atoms with Crippen LogP contribution in [0, 0.1) is 5.82 Å². The van der Waals surface area contributed by atoms with Crippen LogP contribution >= 0.6 is 0 Å². The van der Waals surface area contributed by atoms with E-state index in [1.807, 2.05) is 0 Å². The molecule has 1 unspecified atom stereocenters. The molecule has 3 N–H and O–H groups in total. The van der Waals surface area contributed by atoms with Crippen LogP contribution in [0.25, 0.3) is 0 Å². The van der Waals surface area contributed by atoms with E-state index in [-0.39, 0.29) is 5.82 Å². The van der Waals surface area contributed by atoms with Gasteiger partial charge in [-0.3, -0.25) is 0 Å². The number of aliphatic carboxylic acids is 2. The van der Waals surface area contributed by atoms with Crippen LogP contribution in [-0.4, -0.2) is 54.6 Å². The first-order chi connectivity index (χ1) is 11.4. The van der Waals surface area contributed by atoms with Crippen LogP contribution in [0.15, 0.2) is 24.3 Å². The molecule has 0 fully saturated rings. The first-order valence-corrected chi connectivity index (χ1v) is 7.52. The second kappa shape index (κ2) is 13.3. The molecule has 0 spiro atoms. The number of rotatable bonds is 9. The van der Waals surface area contributed by atoms with Gasteiger partial charge in [0.1, 0.15) is 18.2 Å². The third-order valence-corrected chi connectivity index (χ3v) is 2.84. The largest absolute Gasteiger partial charge is 0.491 e. The number of benzene rings is 1. The fourth-order valence-electron chi connectivity index (χ4n) is 1.37. The SMILES string of the molecule is CCC(C)NCCOCCOc1ccc(F)cc1.O=C(O)C(=O)O. The Kier molecular flexibility index (Phi) is 12.1.